The summed E-state index contributed by atoms with van der Waals surface area (Å²) in [5, 5.41) is 9.40. The number of likely N-dealkylation sites (tertiary alicyclic amines) is 1. The second-order valence-corrected chi connectivity index (χ2v) is 8.49. The van der Waals surface area contributed by atoms with Gasteiger partial charge in [-0.05, 0) is 50.2 Å². The van der Waals surface area contributed by atoms with E-state index >= 15 is 0 Å². The lowest BCUT2D eigenvalue weighted by molar-refractivity contribution is 0.296. The van der Waals surface area contributed by atoms with Gasteiger partial charge in [0.25, 0.3) is 0 Å². The molecule has 0 spiro atoms. The van der Waals surface area contributed by atoms with E-state index in [1.165, 1.54) is 51.6 Å². The lowest BCUT2D eigenvalue weighted by atomic mass is 9.73. The average Bonchev–Trinajstić information content (AvgIpc) is 3.28. The van der Waals surface area contributed by atoms with E-state index < -0.39 is 0 Å². The topological polar surface area (TPSA) is 39.7 Å². The quantitative estimate of drug-likeness (QED) is 0.387. The van der Waals surface area contributed by atoms with Crippen LogP contribution >= 0.6 is 35.3 Å². The fourth-order valence-electron chi connectivity index (χ4n) is 4.23. The minimum absolute atomic E-state index is 0. The molecule has 6 heteroatoms. The van der Waals surface area contributed by atoms with Crippen molar-refractivity contribution in [3.8, 4) is 0 Å². The highest BCUT2D eigenvalue weighted by Gasteiger charge is 2.34. The zero-order valence-electron chi connectivity index (χ0n) is 15.6. The van der Waals surface area contributed by atoms with E-state index in [9.17, 15) is 0 Å². The second kappa shape index (κ2) is 10.1. The predicted octanol–water partition coefficient (Wildman–Crippen LogP) is 3.68. The number of halogens is 1. The molecule has 0 radical (unpaired) electrons. The Kier molecular flexibility index (Phi) is 8.48. The summed E-state index contributed by atoms with van der Waals surface area (Å²) >= 11 is 1.92. The van der Waals surface area contributed by atoms with Crippen LogP contribution in [-0.4, -0.2) is 51.1 Å². The maximum Gasteiger partial charge on any atom is 0.191 e. The van der Waals surface area contributed by atoms with Crippen molar-refractivity contribution in [1.29, 1.82) is 0 Å². The zero-order chi connectivity index (χ0) is 16.8. The summed E-state index contributed by atoms with van der Waals surface area (Å²) in [7, 11) is 4.09. The third-order valence-corrected chi connectivity index (χ3v) is 6.84. The molecule has 0 bridgehead atoms. The van der Waals surface area contributed by atoms with E-state index in [4.69, 9.17) is 0 Å². The van der Waals surface area contributed by atoms with Crippen molar-refractivity contribution in [2.75, 3.05) is 40.3 Å². The molecule has 1 saturated heterocycles. The van der Waals surface area contributed by atoms with Crippen molar-refractivity contribution in [3.05, 3.63) is 22.4 Å². The van der Waals surface area contributed by atoms with Crippen LogP contribution in [-0.2, 0) is 5.41 Å². The van der Waals surface area contributed by atoms with Crippen LogP contribution < -0.4 is 10.6 Å². The lowest BCUT2D eigenvalue weighted by Gasteiger charge is -2.37. The molecule has 0 aromatic carbocycles. The number of aliphatic imine (C=N–C) groups is 1. The molecule has 1 saturated carbocycles. The number of hydrogen-bond donors (Lipinski definition) is 2. The second-order valence-electron chi connectivity index (χ2n) is 7.54. The molecule has 3 rings (SSSR count). The molecule has 1 atom stereocenters. The molecule has 2 N–H and O–H groups in total. The summed E-state index contributed by atoms with van der Waals surface area (Å²) in [6.45, 7) is 4.44. The van der Waals surface area contributed by atoms with Crippen LogP contribution in [0.1, 0.15) is 43.4 Å². The van der Waals surface area contributed by atoms with Gasteiger partial charge in [-0.2, -0.15) is 0 Å². The number of thiophene rings is 1. The highest BCUT2D eigenvalue weighted by molar-refractivity contribution is 14.0. The van der Waals surface area contributed by atoms with Gasteiger partial charge in [0, 0.05) is 37.0 Å². The van der Waals surface area contributed by atoms with Crippen LogP contribution in [0.2, 0.25) is 0 Å². The average molecular weight is 476 g/mol. The fourth-order valence-corrected chi connectivity index (χ4v) is 5.21. The molecule has 0 amide bonds. The maximum absolute atomic E-state index is 4.45. The van der Waals surface area contributed by atoms with Gasteiger partial charge >= 0.3 is 0 Å². The largest absolute Gasteiger partial charge is 0.356 e. The summed E-state index contributed by atoms with van der Waals surface area (Å²) in [6, 6.07) is 4.52. The van der Waals surface area contributed by atoms with Crippen LogP contribution in [0.15, 0.2) is 22.5 Å². The smallest absolute Gasteiger partial charge is 0.191 e. The normalized spacial score (nSPS) is 23.9. The third-order valence-electron chi connectivity index (χ3n) is 5.72. The van der Waals surface area contributed by atoms with Gasteiger partial charge in [-0.1, -0.05) is 25.3 Å². The van der Waals surface area contributed by atoms with Gasteiger partial charge < -0.3 is 15.5 Å². The molecule has 2 fully saturated rings. The van der Waals surface area contributed by atoms with Crippen molar-refractivity contribution < 1.29 is 0 Å². The van der Waals surface area contributed by atoms with Crippen LogP contribution in [0.5, 0.6) is 0 Å². The highest BCUT2D eigenvalue weighted by Crippen LogP contribution is 2.41. The number of hydrogen-bond acceptors (Lipinski definition) is 3. The van der Waals surface area contributed by atoms with Crippen molar-refractivity contribution in [3.63, 3.8) is 0 Å². The predicted molar refractivity (Wildman–Crippen MR) is 119 cm³/mol. The Morgan fingerprint density at radius 1 is 1.32 bits per heavy atom. The zero-order valence-corrected chi connectivity index (χ0v) is 18.7. The number of rotatable bonds is 5. The summed E-state index contributed by atoms with van der Waals surface area (Å²) < 4.78 is 0. The molecule has 1 aliphatic heterocycles. The van der Waals surface area contributed by atoms with Gasteiger partial charge in [0.15, 0.2) is 5.96 Å². The minimum atomic E-state index is 0. The van der Waals surface area contributed by atoms with Gasteiger partial charge in [0.1, 0.15) is 0 Å². The molecule has 25 heavy (non-hydrogen) atoms. The minimum Gasteiger partial charge on any atom is -0.356 e. The van der Waals surface area contributed by atoms with Crippen molar-refractivity contribution >= 4 is 41.3 Å². The van der Waals surface area contributed by atoms with E-state index in [0.717, 1.165) is 25.0 Å². The molecule has 1 unspecified atom stereocenters. The van der Waals surface area contributed by atoms with E-state index in [2.05, 4.69) is 45.1 Å². The summed E-state index contributed by atoms with van der Waals surface area (Å²) in [5.41, 5.74) is 0.303. The van der Waals surface area contributed by atoms with Crippen LogP contribution in [0.4, 0.5) is 0 Å². The first kappa shape index (κ1) is 21.0. The van der Waals surface area contributed by atoms with Crippen LogP contribution in [0.25, 0.3) is 0 Å². The molecular weight excluding hydrogens is 443 g/mol. The van der Waals surface area contributed by atoms with Gasteiger partial charge in [-0.3, -0.25) is 4.99 Å². The van der Waals surface area contributed by atoms with Crippen molar-refractivity contribution in [2.45, 2.75) is 43.9 Å². The first-order chi connectivity index (χ1) is 11.7. The Morgan fingerprint density at radius 3 is 2.72 bits per heavy atom. The summed E-state index contributed by atoms with van der Waals surface area (Å²) in [5.74, 6) is 1.71. The fraction of sp³-hybridized carbons (Fsp3) is 0.737. The first-order valence-corrected chi connectivity index (χ1v) is 10.3. The molecule has 2 heterocycles. The summed E-state index contributed by atoms with van der Waals surface area (Å²) in [6.07, 6.45) is 7.96. The van der Waals surface area contributed by atoms with Gasteiger partial charge in [-0.25, -0.2) is 0 Å². The highest BCUT2D eigenvalue weighted by atomic mass is 127. The standard InChI is InChI=1S/C19H32N4S.HI/c1-20-18(21-13-16-8-11-23(2)14-16)22-15-19(9-4-3-5-10-19)17-7-6-12-24-17;/h6-7,12,16H,3-5,8-11,13-15H2,1-2H3,(H2,20,21,22);1H. The Labute approximate surface area is 173 Å². The Balaban J connectivity index is 0.00000225. The SMILES string of the molecule is CN=C(NCC1CCN(C)C1)NCC1(c2cccs2)CCCCC1.I. The van der Waals surface area contributed by atoms with Gasteiger partial charge in [0.05, 0.1) is 0 Å². The molecule has 4 nitrogen and oxygen atoms in total. The van der Waals surface area contributed by atoms with Crippen molar-refractivity contribution in [1.82, 2.24) is 15.5 Å². The molecule has 1 aromatic rings. The van der Waals surface area contributed by atoms with Crippen LogP contribution in [0.3, 0.4) is 0 Å². The molecule has 142 valence electrons. The third kappa shape index (κ3) is 5.57. The first-order valence-electron chi connectivity index (χ1n) is 9.39. The van der Waals surface area contributed by atoms with Crippen molar-refractivity contribution in [2.24, 2.45) is 10.9 Å². The Morgan fingerprint density at radius 2 is 2.12 bits per heavy atom. The molecular formula is C19H33IN4S. The number of guanidine groups is 1. The number of nitrogens with zero attached hydrogens (tertiary/aromatic N) is 2. The van der Waals surface area contributed by atoms with E-state index in [1.807, 2.05) is 18.4 Å². The maximum atomic E-state index is 4.45. The van der Waals surface area contributed by atoms with Crippen LogP contribution in [0, 0.1) is 5.92 Å². The monoisotopic (exact) mass is 476 g/mol. The summed E-state index contributed by atoms with van der Waals surface area (Å²) in [4.78, 5) is 8.41. The van der Waals surface area contributed by atoms with Gasteiger partial charge in [0.2, 0.25) is 0 Å². The van der Waals surface area contributed by atoms with E-state index in [-0.39, 0.29) is 24.0 Å². The molecule has 1 aliphatic carbocycles. The van der Waals surface area contributed by atoms with E-state index in [0.29, 0.717) is 5.41 Å². The molecule has 1 aromatic heterocycles. The molecule has 2 aliphatic rings. The lowest BCUT2D eigenvalue weighted by Crippen LogP contribution is -2.47. The van der Waals surface area contributed by atoms with Gasteiger partial charge in [-0.15, -0.1) is 35.3 Å². The van der Waals surface area contributed by atoms with E-state index in [1.54, 1.807) is 4.88 Å². The number of nitrogens with one attached hydrogen (secondary N) is 2. The Hall–Kier alpha value is -0.340. The Bertz CT molecular complexity index is 526.